The zero-order valence-electron chi connectivity index (χ0n) is 17.8. The van der Waals surface area contributed by atoms with Crippen LogP contribution in [-0.4, -0.2) is 44.4 Å². The minimum absolute atomic E-state index is 0.00192. The van der Waals surface area contributed by atoms with Crippen LogP contribution in [0.3, 0.4) is 0 Å². The normalized spacial score (nSPS) is 21.7. The van der Waals surface area contributed by atoms with Crippen molar-refractivity contribution in [3.63, 3.8) is 0 Å². The summed E-state index contributed by atoms with van der Waals surface area (Å²) in [6, 6.07) is 12.5. The van der Waals surface area contributed by atoms with E-state index in [1.165, 1.54) is 16.4 Å². The van der Waals surface area contributed by atoms with Crippen LogP contribution in [0.15, 0.2) is 47.4 Å². The molecule has 0 aromatic heterocycles. The number of anilines is 1. The fourth-order valence-electron chi connectivity index (χ4n) is 4.52. The van der Waals surface area contributed by atoms with E-state index >= 15 is 0 Å². The van der Waals surface area contributed by atoms with E-state index in [-0.39, 0.29) is 34.3 Å². The molecule has 0 N–H and O–H groups in total. The highest BCUT2D eigenvalue weighted by atomic mass is 35.5. The Hall–Kier alpha value is -2.09. The topological polar surface area (TPSA) is 66.9 Å². The number of carbonyl (C=O) groups excluding carboxylic acids is 1. The van der Waals surface area contributed by atoms with Gasteiger partial charge in [-0.15, -0.1) is 0 Å². The molecular weight excluding hydrogens is 436 g/mol. The maximum atomic E-state index is 13.4. The molecule has 1 fully saturated rings. The van der Waals surface area contributed by atoms with E-state index in [0.717, 1.165) is 17.7 Å². The van der Waals surface area contributed by atoms with Crippen molar-refractivity contribution in [2.24, 2.45) is 5.92 Å². The van der Waals surface area contributed by atoms with Crippen LogP contribution in [0.2, 0.25) is 5.02 Å². The molecule has 0 radical (unpaired) electrons. The molecule has 0 spiro atoms. The second kappa shape index (κ2) is 8.81. The fourth-order valence-corrected chi connectivity index (χ4v) is 6.37. The van der Waals surface area contributed by atoms with Gasteiger partial charge in [-0.2, -0.15) is 4.31 Å². The van der Waals surface area contributed by atoms with Gasteiger partial charge in [-0.25, -0.2) is 8.42 Å². The number of para-hydroxylation sites is 1. The van der Waals surface area contributed by atoms with Crippen LogP contribution in [0.4, 0.5) is 5.69 Å². The van der Waals surface area contributed by atoms with Crippen LogP contribution in [0.5, 0.6) is 5.75 Å². The molecule has 2 unspecified atom stereocenters. The van der Waals surface area contributed by atoms with Gasteiger partial charge >= 0.3 is 0 Å². The summed E-state index contributed by atoms with van der Waals surface area (Å²) < 4.78 is 33.3. The number of ether oxygens (including phenoxy) is 1. The van der Waals surface area contributed by atoms with Crippen LogP contribution >= 0.6 is 11.6 Å². The summed E-state index contributed by atoms with van der Waals surface area (Å²) in [5, 5.41) is 0.259. The number of rotatable bonds is 5. The maximum Gasteiger partial charge on any atom is 0.243 e. The lowest BCUT2D eigenvalue weighted by Crippen LogP contribution is -2.48. The Morgan fingerprint density at radius 2 is 2.00 bits per heavy atom. The Labute approximate surface area is 188 Å². The van der Waals surface area contributed by atoms with Crippen molar-refractivity contribution >= 4 is 33.2 Å². The number of nitrogens with zero attached hydrogens (tertiary/aromatic N) is 2. The zero-order valence-corrected chi connectivity index (χ0v) is 19.3. The highest BCUT2D eigenvalue weighted by molar-refractivity contribution is 7.89. The van der Waals surface area contributed by atoms with Gasteiger partial charge in [0.05, 0.1) is 22.4 Å². The van der Waals surface area contributed by atoms with E-state index in [4.69, 9.17) is 16.3 Å². The molecular formula is C23H27ClN2O4S. The molecule has 0 saturated carbocycles. The van der Waals surface area contributed by atoms with Crippen LogP contribution in [0.25, 0.3) is 0 Å². The van der Waals surface area contributed by atoms with Gasteiger partial charge in [-0.1, -0.05) is 29.8 Å². The Morgan fingerprint density at radius 3 is 2.74 bits per heavy atom. The molecule has 31 heavy (non-hydrogen) atoms. The summed E-state index contributed by atoms with van der Waals surface area (Å²) in [6.45, 7) is 4.89. The van der Waals surface area contributed by atoms with Crippen LogP contribution in [-0.2, 0) is 21.2 Å². The molecule has 2 aromatic carbocycles. The summed E-state index contributed by atoms with van der Waals surface area (Å²) >= 11 is 6.21. The average molecular weight is 463 g/mol. The summed E-state index contributed by atoms with van der Waals surface area (Å²) in [5.74, 6) is 0.0916. The molecule has 2 heterocycles. The Bertz CT molecular complexity index is 1090. The highest BCUT2D eigenvalue weighted by Gasteiger charge is 2.39. The van der Waals surface area contributed by atoms with Crippen molar-refractivity contribution < 1.29 is 17.9 Å². The van der Waals surface area contributed by atoms with Gasteiger partial charge in [0, 0.05) is 24.8 Å². The second-order valence-electron chi connectivity index (χ2n) is 8.12. The Morgan fingerprint density at radius 1 is 1.23 bits per heavy atom. The highest BCUT2D eigenvalue weighted by Crippen LogP contribution is 2.35. The van der Waals surface area contributed by atoms with Crippen molar-refractivity contribution in [3.8, 4) is 5.75 Å². The third-order valence-corrected chi connectivity index (χ3v) is 8.18. The van der Waals surface area contributed by atoms with Gasteiger partial charge in [-0.3, -0.25) is 4.79 Å². The summed E-state index contributed by atoms with van der Waals surface area (Å²) in [5.41, 5.74) is 2.10. The van der Waals surface area contributed by atoms with Crippen LogP contribution < -0.4 is 9.64 Å². The van der Waals surface area contributed by atoms with E-state index in [1.54, 1.807) is 6.07 Å². The third-order valence-electron chi connectivity index (χ3n) is 6.02. The van der Waals surface area contributed by atoms with Crippen LogP contribution in [0, 0.1) is 5.92 Å². The number of sulfonamides is 1. The number of fused-ring (bicyclic) bond motifs is 1. The molecule has 166 valence electrons. The Balaban J connectivity index is 1.54. The molecule has 0 bridgehead atoms. The van der Waals surface area contributed by atoms with E-state index in [9.17, 15) is 13.2 Å². The van der Waals surface area contributed by atoms with E-state index < -0.39 is 10.0 Å². The standard InChI is InChI=1S/C23H27ClN2O4S/c1-3-30-22-11-10-19(14-20(22)24)31(28,29)25-12-6-8-18(15-25)23(27)26-16(2)13-17-7-4-5-9-21(17)26/h4-5,7,9-11,14,16,18H,3,6,8,12-13,15H2,1-2H3. The molecule has 8 heteroatoms. The smallest absolute Gasteiger partial charge is 0.243 e. The minimum atomic E-state index is -3.76. The monoisotopic (exact) mass is 462 g/mol. The predicted molar refractivity (Wildman–Crippen MR) is 121 cm³/mol. The molecule has 4 rings (SSSR count). The lowest BCUT2D eigenvalue weighted by Gasteiger charge is -2.34. The average Bonchev–Trinajstić information content (AvgIpc) is 3.10. The number of amides is 1. The van der Waals surface area contributed by atoms with Crippen molar-refractivity contribution in [1.82, 2.24) is 4.31 Å². The first kappa shape index (κ1) is 22.1. The molecule has 1 amide bonds. The van der Waals surface area contributed by atoms with Crippen molar-refractivity contribution in [1.29, 1.82) is 0 Å². The summed E-state index contributed by atoms with van der Waals surface area (Å²) in [6.07, 6.45) is 2.14. The van der Waals surface area contributed by atoms with E-state index in [1.807, 2.05) is 43.0 Å². The SMILES string of the molecule is CCOc1ccc(S(=O)(=O)N2CCCC(C(=O)N3c4ccccc4CC3C)C2)cc1Cl. The molecule has 2 aliphatic rings. The number of benzene rings is 2. The molecule has 2 atom stereocenters. The number of piperidine rings is 1. The van der Waals surface area contributed by atoms with Crippen molar-refractivity contribution in [2.45, 2.75) is 44.0 Å². The molecule has 2 aliphatic heterocycles. The molecule has 2 aromatic rings. The van der Waals surface area contributed by atoms with Crippen molar-refractivity contribution in [2.75, 3.05) is 24.6 Å². The van der Waals surface area contributed by atoms with E-state index in [0.29, 0.717) is 31.7 Å². The lowest BCUT2D eigenvalue weighted by molar-refractivity contribution is -0.123. The quantitative estimate of drug-likeness (QED) is 0.670. The third kappa shape index (κ3) is 4.19. The first-order chi connectivity index (χ1) is 14.8. The fraction of sp³-hybridized carbons (Fsp3) is 0.435. The predicted octanol–water partition coefficient (Wildman–Crippen LogP) is 4.12. The number of hydrogen-bond donors (Lipinski definition) is 0. The van der Waals surface area contributed by atoms with Crippen molar-refractivity contribution in [3.05, 3.63) is 53.1 Å². The first-order valence-corrected chi connectivity index (χ1v) is 12.5. The van der Waals surface area contributed by atoms with Gasteiger partial charge < -0.3 is 9.64 Å². The summed E-state index contributed by atoms with van der Waals surface area (Å²) in [7, 11) is -3.76. The van der Waals surface area contributed by atoms with Gasteiger partial charge in [-0.05, 0) is 62.9 Å². The van der Waals surface area contributed by atoms with Crippen LogP contribution in [0.1, 0.15) is 32.3 Å². The van der Waals surface area contributed by atoms with Gasteiger partial charge in [0.25, 0.3) is 0 Å². The van der Waals surface area contributed by atoms with Gasteiger partial charge in [0.1, 0.15) is 5.75 Å². The largest absolute Gasteiger partial charge is 0.492 e. The maximum absolute atomic E-state index is 13.4. The molecule has 6 nitrogen and oxygen atoms in total. The minimum Gasteiger partial charge on any atom is -0.492 e. The van der Waals surface area contributed by atoms with Gasteiger partial charge in [0.2, 0.25) is 15.9 Å². The van der Waals surface area contributed by atoms with Gasteiger partial charge in [0.15, 0.2) is 0 Å². The number of halogens is 1. The second-order valence-corrected chi connectivity index (χ2v) is 10.5. The lowest BCUT2D eigenvalue weighted by atomic mass is 9.97. The summed E-state index contributed by atoms with van der Waals surface area (Å²) in [4.78, 5) is 15.4. The Kier molecular flexibility index (Phi) is 6.28. The first-order valence-electron chi connectivity index (χ1n) is 10.7. The zero-order chi connectivity index (χ0) is 22.2. The number of carbonyl (C=O) groups is 1. The molecule has 1 saturated heterocycles. The molecule has 0 aliphatic carbocycles. The van der Waals surface area contributed by atoms with E-state index in [2.05, 4.69) is 0 Å². The number of hydrogen-bond acceptors (Lipinski definition) is 4.